The molecule has 1 rings (SSSR count). The summed E-state index contributed by atoms with van der Waals surface area (Å²) in [5, 5.41) is 3.35. The molecule has 13 heavy (non-hydrogen) atoms. The fourth-order valence-electron chi connectivity index (χ4n) is 1.64. The van der Waals surface area contributed by atoms with Crippen LogP contribution in [0.4, 0.5) is 0 Å². The van der Waals surface area contributed by atoms with Crippen LogP contribution in [0.1, 0.15) is 19.8 Å². The Balaban J connectivity index is 2.65. The van der Waals surface area contributed by atoms with Crippen molar-refractivity contribution in [3.63, 3.8) is 0 Å². The van der Waals surface area contributed by atoms with Gasteiger partial charge in [-0.15, -0.1) is 0 Å². The third-order valence-electron chi connectivity index (χ3n) is 2.79. The molecule has 1 aliphatic heterocycles. The molecule has 1 heterocycles. The molecule has 0 spiro atoms. The number of nitrogens with one attached hydrogen (secondary N) is 1. The molecule has 0 saturated carbocycles. The van der Waals surface area contributed by atoms with Gasteiger partial charge in [-0.25, -0.2) is 4.36 Å². The van der Waals surface area contributed by atoms with Gasteiger partial charge >= 0.3 is 0 Å². The molecule has 1 atom stereocenters. The highest BCUT2D eigenvalue weighted by Crippen LogP contribution is 2.29. The van der Waals surface area contributed by atoms with Gasteiger partial charge in [0.2, 0.25) is 0 Å². The molecule has 0 amide bonds. The van der Waals surface area contributed by atoms with Gasteiger partial charge < -0.3 is 5.32 Å². The number of hydrogen-bond acceptors (Lipinski definition) is 3. The fourth-order valence-corrected chi connectivity index (χ4v) is 2.22. The molecule has 1 aliphatic rings. The average molecular weight is 204 g/mol. The predicted octanol–water partition coefficient (Wildman–Crippen LogP) is 1.10. The van der Waals surface area contributed by atoms with E-state index in [0.717, 1.165) is 26.1 Å². The maximum absolute atomic E-state index is 11.4. The lowest BCUT2D eigenvalue weighted by molar-refractivity contribution is 0.324. The van der Waals surface area contributed by atoms with Crippen molar-refractivity contribution >= 4 is 9.73 Å². The monoisotopic (exact) mass is 204 g/mol. The van der Waals surface area contributed by atoms with Crippen molar-refractivity contribution in [2.45, 2.75) is 19.8 Å². The van der Waals surface area contributed by atoms with E-state index >= 15 is 0 Å². The third-order valence-corrected chi connectivity index (χ3v) is 3.54. The summed E-state index contributed by atoms with van der Waals surface area (Å²) < 4.78 is 15.7. The van der Waals surface area contributed by atoms with Gasteiger partial charge in [0.1, 0.15) is 0 Å². The Hall–Kier alpha value is -0.0900. The van der Waals surface area contributed by atoms with Crippen molar-refractivity contribution in [3.8, 4) is 0 Å². The molecule has 1 saturated heterocycles. The van der Waals surface area contributed by atoms with Gasteiger partial charge in [-0.05, 0) is 19.4 Å². The second-order valence-corrected chi connectivity index (χ2v) is 6.87. The number of hydrogen-bond donors (Lipinski definition) is 1. The molecule has 0 aromatic rings. The van der Waals surface area contributed by atoms with Gasteiger partial charge in [0, 0.05) is 34.2 Å². The summed E-state index contributed by atoms with van der Waals surface area (Å²) in [6.45, 7) is 5.05. The highest BCUT2D eigenvalue weighted by atomic mass is 32.2. The van der Waals surface area contributed by atoms with Crippen LogP contribution in [-0.2, 0) is 9.73 Å². The lowest BCUT2D eigenvalue weighted by atomic mass is 9.85. The third kappa shape index (κ3) is 3.27. The Morgan fingerprint density at radius 1 is 1.54 bits per heavy atom. The Morgan fingerprint density at radius 2 is 2.23 bits per heavy atom. The Kier molecular flexibility index (Phi) is 3.35. The molecule has 0 bridgehead atoms. The van der Waals surface area contributed by atoms with Crippen LogP contribution in [-0.4, -0.2) is 36.4 Å². The van der Waals surface area contributed by atoms with Crippen LogP contribution in [0.25, 0.3) is 0 Å². The van der Waals surface area contributed by atoms with E-state index < -0.39 is 9.73 Å². The number of nitrogens with zero attached hydrogens (tertiary/aromatic N) is 1. The van der Waals surface area contributed by atoms with Crippen LogP contribution < -0.4 is 5.32 Å². The van der Waals surface area contributed by atoms with Gasteiger partial charge in [-0.3, -0.25) is 4.21 Å². The van der Waals surface area contributed by atoms with Crippen LogP contribution in [0, 0.1) is 5.41 Å². The molecular formula is C9H20N2OS. The molecule has 4 heteroatoms. The smallest absolute Gasteiger partial charge is 0.0552 e. The molecule has 1 fully saturated rings. The van der Waals surface area contributed by atoms with Crippen molar-refractivity contribution < 1.29 is 4.21 Å². The van der Waals surface area contributed by atoms with E-state index in [2.05, 4.69) is 16.6 Å². The first-order valence-corrected chi connectivity index (χ1v) is 7.14. The molecule has 3 nitrogen and oxygen atoms in total. The second kappa shape index (κ2) is 3.96. The molecular weight excluding hydrogens is 184 g/mol. The van der Waals surface area contributed by atoms with Crippen molar-refractivity contribution in [2.75, 3.05) is 32.1 Å². The van der Waals surface area contributed by atoms with E-state index in [9.17, 15) is 4.21 Å². The maximum Gasteiger partial charge on any atom is 0.0552 e. The highest BCUT2D eigenvalue weighted by molar-refractivity contribution is 7.92. The predicted molar refractivity (Wildman–Crippen MR) is 57.5 cm³/mol. The summed E-state index contributed by atoms with van der Waals surface area (Å²) in [4.78, 5) is 0. The quantitative estimate of drug-likeness (QED) is 0.748. The van der Waals surface area contributed by atoms with E-state index in [1.807, 2.05) is 0 Å². The van der Waals surface area contributed by atoms with Crippen molar-refractivity contribution in [3.05, 3.63) is 0 Å². The van der Waals surface area contributed by atoms with Gasteiger partial charge in [0.25, 0.3) is 0 Å². The van der Waals surface area contributed by atoms with E-state index in [4.69, 9.17) is 0 Å². The minimum atomic E-state index is -1.91. The lowest BCUT2D eigenvalue weighted by Crippen LogP contribution is -2.26. The first kappa shape index (κ1) is 11.0. The van der Waals surface area contributed by atoms with Crippen LogP contribution >= 0.6 is 0 Å². The largest absolute Gasteiger partial charge is 0.316 e. The minimum Gasteiger partial charge on any atom is -0.316 e. The van der Waals surface area contributed by atoms with Crippen molar-refractivity contribution in [2.24, 2.45) is 9.78 Å². The summed E-state index contributed by atoms with van der Waals surface area (Å²) >= 11 is 0. The standard InChI is InChI=1S/C9H20N2OS/c1-4-9(5-6-10-7-9)8-11-13(2,3)12/h10H,4-8H2,1-3H3. The van der Waals surface area contributed by atoms with Crippen molar-refractivity contribution in [1.29, 1.82) is 0 Å². The van der Waals surface area contributed by atoms with Crippen LogP contribution in [0.3, 0.4) is 0 Å². The Bertz CT molecular complexity index is 265. The summed E-state index contributed by atoms with van der Waals surface area (Å²) in [6.07, 6.45) is 5.71. The normalized spacial score (nSPS) is 29.2. The maximum atomic E-state index is 11.4. The Labute approximate surface area is 81.5 Å². The van der Waals surface area contributed by atoms with E-state index in [0.29, 0.717) is 0 Å². The molecule has 1 unspecified atom stereocenters. The van der Waals surface area contributed by atoms with E-state index in [1.54, 1.807) is 12.5 Å². The second-order valence-electron chi connectivity index (χ2n) is 4.25. The molecule has 78 valence electrons. The zero-order valence-electron chi connectivity index (χ0n) is 8.80. The van der Waals surface area contributed by atoms with E-state index in [1.165, 1.54) is 6.42 Å². The minimum absolute atomic E-state index is 0.286. The molecule has 0 radical (unpaired) electrons. The molecule has 0 aromatic heterocycles. The summed E-state index contributed by atoms with van der Waals surface area (Å²) in [5.41, 5.74) is 0.286. The van der Waals surface area contributed by atoms with Gasteiger partial charge in [0.05, 0.1) is 6.54 Å². The highest BCUT2D eigenvalue weighted by Gasteiger charge is 2.31. The SMILES string of the molecule is CCC1(CN=S(C)(C)=O)CCNC1. The van der Waals surface area contributed by atoms with Crippen LogP contribution in [0.5, 0.6) is 0 Å². The number of rotatable bonds is 3. The van der Waals surface area contributed by atoms with Crippen molar-refractivity contribution in [1.82, 2.24) is 5.32 Å². The van der Waals surface area contributed by atoms with Crippen LogP contribution in [0.2, 0.25) is 0 Å². The molecule has 0 aromatic carbocycles. The fraction of sp³-hybridized carbons (Fsp3) is 1.00. The van der Waals surface area contributed by atoms with Crippen LogP contribution in [0.15, 0.2) is 4.36 Å². The summed E-state index contributed by atoms with van der Waals surface area (Å²) in [7, 11) is -1.91. The summed E-state index contributed by atoms with van der Waals surface area (Å²) in [6, 6.07) is 0. The Morgan fingerprint density at radius 3 is 2.62 bits per heavy atom. The van der Waals surface area contributed by atoms with Gasteiger partial charge in [0.15, 0.2) is 0 Å². The molecule has 0 aliphatic carbocycles. The first-order valence-electron chi connectivity index (χ1n) is 4.81. The molecule has 1 N–H and O–H groups in total. The average Bonchev–Trinajstić information content (AvgIpc) is 2.49. The van der Waals surface area contributed by atoms with E-state index in [-0.39, 0.29) is 5.41 Å². The lowest BCUT2D eigenvalue weighted by Gasteiger charge is -2.24. The van der Waals surface area contributed by atoms with Gasteiger partial charge in [-0.1, -0.05) is 6.92 Å². The van der Waals surface area contributed by atoms with Gasteiger partial charge in [-0.2, -0.15) is 0 Å². The summed E-state index contributed by atoms with van der Waals surface area (Å²) in [5.74, 6) is 0. The zero-order valence-corrected chi connectivity index (χ0v) is 9.62. The zero-order chi connectivity index (χ0) is 9.95. The first-order chi connectivity index (χ1) is 5.97. The topological polar surface area (TPSA) is 41.5 Å².